The molecule has 0 spiro atoms. The first-order valence-electron chi connectivity index (χ1n) is 10.9. The lowest BCUT2D eigenvalue weighted by atomic mass is 10.1. The second-order valence-electron chi connectivity index (χ2n) is 8.08. The Balaban J connectivity index is 1.38. The van der Waals surface area contributed by atoms with Crippen molar-refractivity contribution in [2.45, 2.75) is 44.4 Å². The van der Waals surface area contributed by atoms with Gasteiger partial charge in [-0.25, -0.2) is 13.1 Å². The van der Waals surface area contributed by atoms with Crippen molar-refractivity contribution in [2.24, 2.45) is 0 Å². The largest absolute Gasteiger partial charge is 0.326 e. The summed E-state index contributed by atoms with van der Waals surface area (Å²) in [6, 6.07) is 16.3. The first kappa shape index (κ1) is 22.2. The lowest BCUT2D eigenvalue weighted by molar-refractivity contribution is -0.116. The molecule has 0 atom stereocenters. The summed E-state index contributed by atoms with van der Waals surface area (Å²) in [5.41, 5.74) is 4.58. The maximum Gasteiger partial charge on any atom is 0.243 e. The van der Waals surface area contributed by atoms with Gasteiger partial charge in [0.15, 0.2) is 0 Å². The van der Waals surface area contributed by atoms with Gasteiger partial charge in [-0.2, -0.15) is 9.40 Å². The second-order valence-corrected chi connectivity index (χ2v) is 10.0. The molecular weight excluding hydrogens is 424 g/mol. The first-order valence-corrected chi connectivity index (χ1v) is 12.3. The van der Waals surface area contributed by atoms with E-state index >= 15 is 0 Å². The molecule has 0 radical (unpaired) electrons. The van der Waals surface area contributed by atoms with Gasteiger partial charge in [-0.3, -0.25) is 4.79 Å². The van der Waals surface area contributed by atoms with Gasteiger partial charge in [0.1, 0.15) is 0 Å². The van der Waals surface area contributed by atoms with E-state index in [1.807, 2.05) is 48.9 Å². The molecule has 0 aliphatic carbocycles. The van der Waals surface area contributed by atoms with E-state index < -0.39 is 10.0 Å². The van der Waals surface area contributed by atoms with E-state index in [4.69, 9.17) is 0 Å². The molecule has 2 heterocycles. The molecule has 3 aromatic rings. The average Bonchev–Trinajstić information content (AvgIpc) is 3.43. The third-order valence-electron chi connectivity index (χ3n) is 5.88. The Kier molecular flexibility index (Phi) is 6.43. The number of sulfonamides is 1. The first-order chi connectivity index (χ1) is 15.4. The van der Waals surface area contributed by atoms with Crippen molar-refractivity contribution in [2.75, 3.05) is 18.4 Å². The van der Waals surface area contributed by atoms with E-state index in [0.29, 0.717) is 31.6 Å². The van der Waals surface area contributed by atoms with Crippen LogP contribution < -0.4 is 5.32 Å². The van der Waals surface area contributed by atoms with Gasteiger partial charge in [0.25, 0.3) is 0 Å². The summed E-state index contributed by atoms with van der Waals surface area (Å²) in [7, 11) is -3.45. The van der Waals surface area contributed by atoms with E-state index in [9.17, 15) is 13.2 Å². The van der Waals surface area contributed by atoms with Gasteiger partial charge in [-0.15, -0.1) is 0 Å². The molecule has 0 unspecified atom stereocenters. The van der Waals surface area contributed by atoms with E-state index in [2.05, 4.69) is 10.4 Å². The summed E-state index contributed by atoms with van der Waals surface area (Å²) >= 11 is 0. The van der Waals surface area contributed by atoms with Crippen molar-refractivity contribution < 1.29 is 13.2 Å². The fraction of sp³-hybridized carbons (Fsp3) is 0.333. The summed E-state index contributed by atoms with van der Waals surface area (Å²) < 4.78 is 28.7. The molecule has 1 aliphatic heterocycles. The maximum absolute atomic E-state index is 12.6. The Bertz CT molecular complexity index is 1200. The van der Waals surface area contributed by atoms with Crippen molar-refractivity contribution in [1.29, 1.82) is 0 Å². The summed E-state index contributed by atoms with van der Waals surface area (Å²) in [4.78, 5) is 12.8. The topological polar surface area (TPSA) is 84.3 Å². The number of hydrogen-bond acceptors (Lipinski definition) is 4. The molecule has 7 nitrogen and oxygen atoms in total. The van der Waals surface area contributed by atoms with Crippen LogP contribution in [0.3, 0.4) is 0 Å². The summed E-state index contributed by atoms with van der Waals surface area (Å²) in [6.45, 7) is 5.11. The Hall–Kier alpha value is -2.97. The van der Waals surface area contributed by atoms with Crippen LogP contribution in [0.1, 0.15) is 36.2 Å². The maximum atomic E-state index is 12.6. The number of nitrogens with zero attached hydrogens (tertiary/aromatic N) is 3. The molecule has 0 bridgehead atoms. The summed E-state index contributed by atoms with van der Waals surface area (Å²) in [5, 5.41) is 7.49. The van der Waals surface area contributed by atoms with E-state index in [1.54, 1.807) is 24.3 Å². The Morgan fingerprint density at radius 1 is 1.00 bits per heavy atom. The number of aryl methyl sites for hydroxylation is 1. The highest BCUT2D eigenvalue weighted by molar-refractivity contribution is 7.89. The quantitative estimate of drug-likeness (QED) is 0.590. The van der Waals surface area contributed by atoms with Crippen LogP contribution in [0.2, 0.25) is 0 Å². The van der Waals surface area contributed by atoms with Crippen molar-refractivity contribution in [3.63, 3.8) is 0 Å². The van der Waals surface area contributed by atoms with Crippen LogP contribution in [-0.4, -0.2) is 41.5 Å². The normalized spacial score (nSPS) is 14.6. The zero-order valence-electron chi connectivity index (χ0n) is 18.4. The van der Waals surface area contributed by atoms with Crippen LogP contribution in [0.4, 0.5) is 5.69 Å². The standard InChI is InChI=1S/C24H28N4O3S/c1-18-23(19(2)28(26-18)21-8-4-3-5-9-21)14-15-24(29)25-20-10-12-22(13-11-20)32(30,31)27-16-6-7-17-27/h3-5,8-13H,6-7,14-17H2,1-2H3,(H,25,29). The third kappa shape index (κ3) is 4.61. The number of nitrogens with one attached hydrogen (secondary N) is 1. The molecule has 1 fully saturated rings. The van der Waals surface area contributed by atoms with Crippen molar-refractivity contribution >= 4 is 21.6 Å². The number of benzene rings is 2. The fourth-order valence-corrected chi connectivity index (χ4v) is 5.62. The Morgan fingerprint density at radius 2 is 1.66 bits per heavy atom. The van der Waals surface area contributed by atoms with Gasteiger partial charge < -0.3 is 5.32 Å². The number of hydrogen-bond donors (Lipinski definition) is 1. The zero-order chi connectivity index (χ0) is 22.7. The highest BCUT2D eigenvalue weighted by Crippen LogP contribution is 2.23. The lowest BCUT2D eigenvalue weighted by Gasteiger charge is -2.15. The van der Waals surface area contributed by atoms with Gasteiger partial charge in [-0.05, 0) is 75.1 Å². The minimum Gasteiger partial charge on any atom is -0.326 e. The van der Waals surface area contributed by atoms with Crippen LogP contribution in [0.15, 0.2) is 59.5 Å². The fourth-order valence-electron chi connectivity index (χ4n) is 4.11. The number of rotatable bonds is 7. The molecule has 1 saturated heterocycles. The van der Waals surface area contributed by atoms with Gasteiger partial charge in [0.2, 0.25) is 15.9 Å². The predicted octanol–water partition coefficient (Wildman–Crippen LogP) is 3.84. The molecule has 1 amide bonds. The van der Waals surface area contributed by atoms with Crippen LogP contribution in [0.25, 0.3) is 5.69 Å². The number of aromatic nitrogens is 2. The molecule has 1 N–H and O–H groups in total. The van der Waals surface area contributed by atoms with Crippen LogP contribution in [-0.2, 0) is 21.2 Å². The van der Waals surface area contributed by atoms with Crippen molar-refractivity contribution in [3.05, 3.63) is 71.5 Å². The minimum absolute atomic E-state index is 0.119. The molecule has 2 aromatic carbocycles. The zero-order valence-corrected chi connectivity index (χ0v) is 19.2. The monoisotopic (exact) mass is 452 g/mol. The Labute approximate surface area is 189 Å². The molecule has 32 heavy (non-hydrogen) atoms. The smallest absolute Gasteiger partial charge is 0.243 e. The number of carbonyl (C=O) groups is 1. The molecular formula is C24H28N4O3S. The van der Waals surface area contributed by atoms with Gasteiger partial charge in [0.05, 0.1) is 16.3 Å². The predicted molar refractivity (Wildman–Crippen MR) is 124 cm³/mol. The van der Waals surface area contributed by atoms with E-state index in [0.717, 1.165) is 35.5 Å². The third-order valence-corrected chi connectivity index (χ3v) is 7.80. The second kappa shape index (κ2) is 9.26. The molecule has 8 heteroatoms. The van der Waals surface area contributed by atoms with Crippen LogP contribution in [0.5, 0.6) is 0 Å². The van der Waals surface area contributed by atoms with Gasteiger partial charge in [0, 0.05) is 30.9 Å². The number of amides is 1. The molecule has 4 rings (SSSR count). The van der Waals surface area contributed by atoms with E-state index in [-0.39, 0.29) is 10.8 Å². The summed E-state index contributed by atoms with van der Waals surface area (Å²) in [6.07, 6.45) is 2.70. The molecule has 1 aliphatic rings. The van der Waals surface area contributed by atoms with E-state index in [1.165, 1.54) is 4.31 Å². The highest BCUT2D eigenvalue weighted by Gasteiger charge is 2.27. The number of para-hydroxylation sites is 1. The SMILES string of the molecule is Cc1nn(-c2ccccc2)c(C)c1CCC(=O)Nc1ccc(S(=O)(=O)N2CCCC2)cc1. The molecule has 0 saturated carbocycles. The highest BCUT2D eigenvalue weighted by atomic mass is 32.2. The number of carbonyl (C=O) groups excluding carboxylic acids is 1. The lowest BCUT2D eigenvalue weighted by Crippen LogP contribution is -2.27. The minimum atomic E-state index is -3.45. The summed E-state index contributed by atoms with van der Waals surface area (Å²) in [5.74, 6) is -0.119. The average molecular weight is 453 g/mol. The molecule has 1 aromatic heterocycles. The van der Waals surface area contributed by atoms with Crippen molar-refractivity contribution in [3.8, 4) is 5.69 Å². The number of anilines is 1. The van der Waals surface area contributed by atoms with Gasteiger partial charge >= 0.3 is 0 Å². The van der Waals surface area contributed by atoms with Crippen molar-refractivity contribution in [1.82, 2.24) is 14.1 Å². The van der Waals surface area contributed by atoms with Crippen LogP contribution >= 0.6 is 0 Å². The van der Waals surface area contributed by atoms with Gasteiger partial charge in [-0.1, -0.05) is 18.2 Å². The van der Waals surface area contributed by atoms with Crippen LogP contribution in [0, 0.1) is 13.8 Å². The Morgan fingerprint density at radius 3 is 2.31 bits per heavy atom. The molecule has 168 valence electrons.